The second-order valence-corrected chi connectivity index (χ2v) is 6.26. The van der Waals surface area contributed by atoms with Crippen LogP contribution in [0.4, 0.5) is 9.18 Å². The van der Waals surface area contributed by atoms with Gasteiger partial charge in [-0.05, 0) is 39.3 Å². The zero-order valence-electron chi connectivity index (χ0n) is 12.9. The van der Waals surface area contributed by atoms with E-state index in [1.54, 1.807) is 4.90 Å². The largest absolute Gasteiger partial charge is 0.444 e. The van der Waals surface area contributed by atoms with Gasteiger partial charge in [-0.15, -0.1) is 0 Å². The summed E-state index contributed by atoms with van der Waals surface area (Å²) in [6, 6.07) is 2.36. The lowest BCUT2D eigenvalue weighted by atomic mass is 10.2. The highest BCUT2D eigenvalue weighted by Gasteiger charge is 2.30. The van der Waals surface area contributed by atoms with E-state index in [2.05, 4.69) is 10.3 Å². The van der Waals surface area contributed by atoms with Crippen LogP contribution in [0.5, 0.6) is 0 Å². The van der Waals surface area contributed by atoms with Gasteiger partial charge in [0.25, 0.3) is 5.91 Å². The molecule has 0 spiro atoms. The van der Waals surface area contributed by atoms with Crippen LogP contribution in [0.25, 0.3) is 0 Å². The topological polar surface area (TPSA) is 71.5 Å². The summed E-state index contributed by atoms with van der Waals surface area (Å²) in [6.07, 6.45) is 1.46. The number of pyridine rings is 1. The van der Waals surface area contributed by atoms with Crippen molar-refractivity contribution in [2.75, 3.05) is 13.1 Å². The number of rotatable bonds is 2. The first-order valence-electron chi connectivity index (χ1n) is 7.15. The zero-order valence-corrected chi connectivity index (χ0v) is 12.9. The Morgan fingerprint density at radius 3 is 2.73 bits per heavy atom. The summed E-state index contributed by atoms with van der Waals surface area (Å²) in [7, 11) is 0. The molecule has 1 aliphatic heterocycles. The zero-order chi connectivity index (χ0) is 16.3. The number of hydrogen-bond donors (Lipinski definition) is 1. The summed E-state index contributed by atoms with van der Waals surface area (Å²) in [5.41, 5.74) is -0.254. The van der Waals surface area contributed by atoms with Crippen molar-refractivity contribution in [3.8, 4) is 0 Å². The molecule has 120 valence electrons. The summed E-state index contributed by atoms with van der Waals surface area (Å²) in [4.78, 5) is 29.0. The molecule has 1 N–H and O–H groups in total. The van der Waals surface area contributed by atoms with Gasteiger partial charge in [-0.3, -0.25) is 4.79 Å². The number of nitrogens with zero attached hydrogens (tertiary/aromatic N) is 2. The van der Waals surface area contributed by atoms with Crippen LogP contribution in [-0.2, 0) is 4.74 Å². The quantitative estimate of drug-likeness (QED) is 0.848. The highest BCUT2D eigenvalue weighted by Crippen LogP contribution is 2.15. The molecule has 22 heavy (non-hydrogen) atoms. The maximum absolute atomic E-state index is 12.7. The van der Waals surface area contributed by atoms with Crippen LogP contribution in [0.1, 0.15) is 37.6 Å². The number of aromatic nitrogens is 1. The van der Waals surface area contributed by atoms with Gasteiger partial charge >= 0.3 is 6.09 Å². The molecule has 2 rings (SSSR count). The third kappa shape index (κ3) is 4.41. The molecule has 1 fully saturated rings. The van der Waals surface area contributed by atoms with Crippen molar-refractivity contribution < 1.29 is 18.7 Å². The number of amides is 2. The Kier molecular flexibility index (Phi) is 4.63. The van der Waals surface area contributed by atoms with Gasteiger partial charge in [-0.2, -0.15) is 4.39 Å². The van der Waals surface area contributed by atoms with Crippen molar-refractivity contribution in [2.24, 2.45) is 0 Å². The fourth-order valence-corrected chi connectivity index (χ4v) is 2.15. The van der Waals surface area contributed by atoms with E-state index in [0.29, 0.717) is 19.5 Å². The van der Waals surface area contributed by atoms with E-state index in [0.717, 1.165) is 6.07 Å². The fraction of sp³-hybridized carbons (Fsp3) is 0.533. The van der Waals surface area contributed by atoms with Gasteiger partial charge in [0, 0.05) is 25.3 Å². The highest BCUT2D eigenvalue weighted by atomic mass is 19.1. The Morgan fingerprint density at radius 1 is 1.41 bits per heavy atom. The SMILES string of the molecule is CC(C)(C)OC(=O)N1CCC(NC(=O)c2ccc(F)nc2)C1. The molecule has 0 aliphatic carbocycles. The van der Waals surface area contributed by atoms with Crippen LogP contribution in [0.3, 0.4) is 0 Å². The van der Waals surface area contributed by atoms with Gasteiger partial charge < -0.3 is 15.0 Å². The number of carbonyl (C=O) groups is 2. The number of ether oxygens (including phenoxy) is 1. The van der Waals surface area contributed by atoms with Crippen molar-refractivity contribution in [1.82, 2.24) is 15.2 Å². The number of likely N-dealkylation sites (tertiary alicyclic amines) is 1. The minimum Gasteiger partial charge on any atom is -0.444 e. The highest BCUT2D eigenvalue weighted by molar-refractivity contribution is 5.94. The van der Waals surface area contributed by atoms with E-state index in [9.17, 15) is 14.0 Å². The molecule has 0 aromatic carbocycles. The number of halogens is 1. The summed E-state index contributed by atoms with van der Waals surface area (Å²) in [6.45, 7) is 6.35. The lowest BCUT2D eigenvalue weighted by molar-refractivity contribution is 0.0290. The van der Waals surface area contributed by atoms with Crippen molar-refractivity contribution in [3.63, 3.8) is 0 Å². The van der Waals surface area contributed by atoms with Gasteiger partial charge in [0.2, 0.25) is 5.95 Å². The number of carbonyl (C=O) groups excluding carboxylic acids is 2. The molecule has 1 unspecified atom stereocenters. The van der Waals surface area contributed by atoms with E-state index in [-0.39, 0.29) is 23.6 Å². The van der Waals surface area contributed by atoms with Crippen LogP contribution in [0.15, 0.2) is 18.3 Å². The molecule has 0 saturated carbocycles. The summed E-state index contributed by atoms with van der Waals surface area (Å²) in [5.74, 6) is -0.961. The number of hydrogen-bond acceptors (Lipinski definition) is 4. The molecular weight excluding hydrogens is 289 g/mol. The monoisotopic (exact) mass is 309 g/mol. The van der Waals surface area contributed by atoms with E-state index < -0.39 is 11.5 Å². The minimum atomic E-state index is -0.631. The maximum Gasteiger partial charge on any atom is 0.410 e. The molecule has 2 heterocycles. The Morgan fingerprint density at radius 2 is 2.14 bits per heavy atom. The van der Waals surface area contributed by atoms with Crippen molar-refractivity contribution in [3.05, 3.63) is 29.8 Å². The second kappa shape index (κ2) is 6.29. The molecule has 2 amide bonds. The third-order valence-corrected chi connectivity index (χ3v) is 3.16. The predicted octanol–water partition coefficient (Wildman–Crippen LogP) is 1.96. The molecular formula is C15H20FN3O3. The normalized spacial score (nSPS) is 18.2. The Hall–Kier alpha value is -2.18. The average Bonchev–Trinajstić information content (AvgIpc) is 2.86. The predicted molar refractivity (Wildman–Crippen MR) is 77.9 cm³/mol. The van der Waals surface area contributed by atoms with Crippen molar-refractivity contribution >= 4 is 12.0 Å². The molecule has 7 heteroatoms. The van der Waals surface area contributed by atoms with Crippen LogP contribution in [0.2, 0.25) is 0 Å². The summed E-state index contributed by atoms with van der Waals surface area (Å²) in [5, 5.41) is 2.81. The van der Waals surface area contributed by atoms with E-state index in [1.807, 2.05) is 20.8 Å². The molecule has 1 aliphatic rings. The smallest absolute Gasteiger partial charge is 0.410 e. The van der Waals surface area contributed by atoms with Crippen molar-refractivity contribution in [2.45, 2.75) is 38.8 Å². The summed E-state index contributed by atoms with van der Waals surface area (Å²) >= 11 is 0. The number of nitrogens with one attached hydrogen (secondary N) is 1. The van der Waals surface area contributed by atoms with E-state index in [1.165, 1.54) is 12.3 Å². The molecule has 6 nitrogen and oxygen atoms in total. The molecule has 1 aromatic heterocycles. The van der Waals surface area contributed by atoms with Crippen LogP contribution < -0.4 is 5.32 Å². The van der Waals surface area contributed by atoms with Gasteiger partial charge in [0.05, 0.1) is 5.56 Å². The van der Waals surface area contributed by atoms with Gasteiger partial charge in [-0.1, -0.05) is 0 Å². The van der Waals surface area contributed by atoms with Crippen LogP contribution >= 0.6 is 0 Å². The first kappa shape index (κ1) is 16.2. The first-order chi connectivity index (χ1) is 10.2. The lowest BCUT2D eigenvalue weighted by Crippen LogP contribution is -2.40. The lowest BCUT2D eigenvalue weighted by Gasteiger charge is -2.24. The third-order valence-electron chi connectivity index (χ3n) is 3.16. The van der Waals surface area contributed by atoms with Gasteiger partial charge in [0.15, 0.2) is 0 Å². The van der Waals surface area contributed by atoms with Crippen LogP contribution in [-0.4, -0.2) is 46.6 Å². The first-order valence-corrected chi connectivity index (χ1v) is 7.15. The Bertz CT molecular complexity index is 554. The van der Waals surface area contributed by atoms with E-state index >= 15 is 0 Å². The van der Waals surface area contributed by atoms with Gasteiger partial charge in [0.1, 0.15) is 5.60 Å². The fourth-order valence-electron chi connectivity index (χ4n) is 2.15. The molecule has 1 aromatic rings. The standard InChI is InChI=1S/C15H20FN3O3/c1-15(2,3)22-14(21)19-7-6-11(9-19)18-13(20)10-4-5-12(16)17-8-10/h4-5,8,11H,6-7,9H2,1-3H3,(H,18,20). The molecule has 0 bridgehead atoms. The molecule has 1 saturated heterocycles. The molecule has 1 atom stereocenters. The molecule has 0 radical (unpaired) electrons. The van der Waals surface area contributed by atoms with Gasteiger partial charge in [-0.25, -0.2) is 9.78 Å². The minimum absolute atomic E-state index is 0.148. The Balaban J connectivity index is 1.87. The summed E-state index contributed by atoms with van der Waals surface area (Å²) < 4.78 is 18.0. The van der Waals surface area contributed by atoms with E-state index in [4.69, 9.17) is 4.74 Å². The maximum atomic E-state index is 12.7. The Labute approximate surface area is 128 Å². The van der Waals surface area contributed by atoms with Crippen molar-refractivity contribution in [1.29, 1.82) is 0 Å². The second-order valence-electron chi connectivity index (χ2n) is 6.26. The average molecular weight is 309 g/mol. The van der Waals surface area contributed by atoms with Crippen LogP contribution in [0, 0.1) is 5.95 Å².